The number of aryl methyl sites for hydroxylation is 1. The molecule has 21 heavy (non-hydrogen) atoms. The molecule has 0 aliphatic heterocycles. The highest BCUT2D eigenvalue weighted by Gasteiger charge is 2.54. The van der Waals surface area contributed by atoms with Crippen molar-refractivity contribution in [1.29, 1.82) is 0 Å². The van der Waals surface area contributed by atoms with Crippen LogP contribution in [0.1, 0.15) is 49.7 Å². The maximum atomic E-state index is 11.4. The van der Waals surface area contributed by atoms with Gasteiger partial charge in [0.1, 0.15) is 0 Å². The predicted octanol–water partition coefficient (Wildman–Crippen LogP) is 3.55. The van der Waals surface area contributed by atoms with Crippen molar-refractivity contribution in [3.8, 4) is 0 Å². The molecule has 2 aliphatic carbocycles. The van der Waals surface area contributed by atoms with Crippen LogP contribution in [0.3, 0.4) is 0 Å². The van der Waals surface area contributed by atoms with Crippen molar-refractivity contribution in [2.24, 2.45) is 0 Å². The van der Waals surface area contributed by atoms with Crippen LogP contribution in [0.15, 0.2) is 24.3 Å². The second-order valence-corrected chi connectivity index (χ2v) is 7.03. The molecule has 1 saturated carbocycles. The first kappa shape index (κ1) is 16.8. The van der Waals surface area contributed by atoms with Crippen LogP contribution in [-0.4, -0.2) is 36.2 Å². The number of hydrogen-bond acceptors (Lipinski definition) is 2. The monoisotopic (exact) mass is 309 g/mol. The van der Waals surface area contributed by atoms with E-state index in [1.54, 1.807) is 0 Å². The number of aliphatic hydroxyl groups is 1. The van der Waals surface area contributed by atoms with Gasteiger partial charge in [-0.05, 0) is 63.9 Å². The smallest absolute Gasteiger partial charge is 0.0747 e. The average Bonchev–Trinajstić information content (AvgIpc) is 2.45. The zero-order valence-electron chi connectivity index (χ0n) is 13.3. The van der Waals surface area contributed by atoms with Crippen LogP contribution in [-0.2, 0) is 11.8 Å². The number of nitrogens with zero attached hydrogens (tertiary/aromatic N) is 1. The Morgan fingerprint density at radius 3 is 2.57 bits per heavy atom. The first-order valence-corrected chi connectivity index (χ1v) is 8.03. The third-order valence-electron chi connectivity index (χ3n) is 5.66. The van der Waals surface area contributed by atoms with E-state index in [9.17, 15) is 5.11 Å². The second kappa shape index (κ2) is 6.28. The number of hydrogen-bond donors (Lipinski definition) is 1. The first-order valence-electron chi connectivity index (χ1n) is 8.03. The molecule has 0 unspecified atom stereocenters. The van der Waals surface area contributed by atoms with Crippen LogP contribution in [0.4, 0.5) is 0 Å². The SMILES string of the molecule is CN(C)CC[C@]12CCCC[C@@]1(O)CCc1ccccc12.Cl. The summed E-state index contributed by atoms with van der Waals surface area (Å²) in [6.07, 6.45) is 7.62. The van der Waals surface area contributed by atoms with Gasteiger partial charge in [0.2, 0.25) is 0 Å². The van der Waals surface area contributed by atoms with Crippen LogP contribution < -0.4 is 0 Å². The Morgan fingerprint density at radius 2 is 1.81 bits per heavy atom. The second-order valence-electron chi connectivity index (χ2n) is 7.03. The summed E-state index contributed by atoms with van der Waals surface area (Å²) in [5, 5.41) is 11.4. The molecular weight excluding hydrogens is 282 g/mol. The molecule has 1 fully saturated rings. The Hall–Kier alpha value is -0.570. The number of fused-ring (bicyclic) bond motifs is 3. The third kappa shape index (κ3) is 2.74. The molecule has 2 atom stereocenters. The van der Waals surface area contributed by atoms with Crippen molar-refractivity contribution in [1.82, 2.24) is 4.90 Å². The third-order valence-corrected chi connectivity index (χ3v) is 5.66. The molecule has 1 N–H and O–H groups in total. The summed E-state index contributed by atoms with van der Waals surface area (Å²) in [6.45, 7) is 1.05. The largest absolute Gasteiger partial charge is 0.389 e. The van der Waals surface area contributed by atoms with Gasteiger partial charge in [0.05, 0.1) is 5.60 Å². The van der Waals surface area contributed by atoms with Gasteiger partial charge >= 0.3 is 0 Å². The Labute approximate surface area is 135 Å². The summed E-state index contributed by atoms with van der Waals surface area (Å²) in [5.41, 5.74) is 2.42. The average molecular weight is 310 g/mol. The lowest BCUT2D eigenvalue weighted by Crippen LogP contribution is -2.57. The molecule has 3 heteroatoms. The van der Waals surface area contributed by atoms with Crippen LogP contribution in [0.5, 0.6) is 0 Å². The molecule has 0 radical (unpaired) electrons. The molecule has 1 aromatic rings. The van der Waals surface area contributed by atoms with Crippen molar-refractivity contribution in [3.05, 3.63) is 35.4 Å². The molecule has 0 heterocycles. The van der Waals surface area contributed by atoms with Crippen molar-refractivity contribution in [2.75, 3.05) is 20.6 Å². The highest BCUT2D eigenvalue weighted by Crippen LogP contribution is 2.54. The van der Waals surface area contributed by atoms with Gasteiger partial charge in [-0.25, -0.2) is 0 Å². The molecule has 2 aliphatic rings. The molecule has 1 aromatic carbocycles. The van der Waals surface area contributed by atoms with Gasteiger partial charge in [0.15, 0.2) is 0 Å². The molecule has 0 amide bonds. The predicted molar refractivity (Wildman–Crippen MR) is 90.3 cm³/mol. The fraction of sp³-hybridized carbons (Fsp3) is 0.667. The van der Waals surface area contributed by atoms with Gasteiger partial charge in [0, 0.05) is 5.41 Å². The molecule has 0 saturated heterocycles. The van der Waals surface area contributed by atoms with Crippen LogP contribution >= 0.6 is 12.4 Å². The van der Waals surface area contributed by atoms with Gasteiger partial charge in [-0.3, -0.25) is 0 Å². The molecule has 3 rings (SSSR count). The molecular formula is C18H28ClNO. The topological polar surface area (TPSA) is 23.5 Å². The molecule has 2 nitrogen and oxygen atoms in total. The molecule has 0 spiro atoms. The van der Waals surface area contributed by atoms with E-state index in [0.717, 1.165) is 38.6 Å². The zero-order chi connectivity index (χ0) is 14.2. The molecule has 0 aromatic heterocycles. The summed E-state index contributed by atoms with van der Waals surface area (Å²) in [5.74, 6) is 0. The quantitative estimate of drug-likeness (QED) is 0.923. The summed E-state index contributed by atoms with van der Waals surface area (Å²) in [6, 6.07) is 8.84. The summed E-state index contributed by atoms with van der Waals surface area (Å²) in [4.78, 5) is 2.25. The highest BCUT2D eigenvalue weighted by molar-refractivity contribution is 5.85. The lowest BCUT2D eigenvalue weighted by Gasteiger charge is -2.55. The van der Waals surface area contributed by atoms with E-state index < -0.39 is 5.60 Å². The zero-order valence-corrected chi connectivity index (χ0v) is 14.1. The molecule has 0 bridgehead atoms. The Bertz CT molecular complexity index is 490. The summed E-state index contributed by atoms with van der Waals surface area (Å²) >= 11 is 0. The van der Waals surface area contributed by atoms with E-state index >= 15 is 0 Å². The van der Waals surface area contributed by atoms with Crippen LogP contribution in [0.2, 0.25) is 0 Å². The van der Waals surface area contributed by atoms with E-state index in [4.69, 9.17) is 0 Å². The van der Waals surface area contributed by atoms with Gasteiger partial charge in [0.25, 0.3) is 0 Å². The van der Waals surface area contributed by atoms with E-state index in [-0.39, 0.29) is 17.8 Å². The summed E-state index contributed by atoms with van der Waals surface area (Å²) in [7, 11) is 4.26. The Balaban J connectivity index is 0.00000161. The minimum absolute atomic E-state index is 0. The van der Waals surface area contributed by atoms with Crippen molar-refractivity contribution >= 4 is 12.4 Å². The Kier molecular flexibility index (Phi) is 5.02. The normalized spacial score (nSPS) is 31.2. The Morgan fingerprint density at radius 1 is 1.10 bits per heavy atom. The minimum atomic E-state index is -0.477. The van der Waals surface area contributed by atoms with E-state index in [2.05, 4.69) is 43.3 Å². The van der Waals surface area contributed by atoms with Gasteiger partial charge in [-0.15, -0.1) is 12.4 Å². The van der Waals surface area contributed by atoms with Crippen molar-refractivity contribution in [2.45, 2.75) is 56.0 Å². The number of benzene rings is 1. The van der Waals surface area contributed by atoms with Crippen molar-refractivity contribution < 1.29 is 5.11 Å². The van der Waals surface area contributed by atoms with E-state index in [1.807, 2.05) is 0 Å². The molecule has 118 valence electrons. The fourth-order valence-corrected chi connectivity index (χ4v) is 4.52. The standard InChI is InChI=1S/C18H27NO.ClH/c1-19(2)14-13-17-10-5-6-11-18(17,20)12-9-15-7-3-4-8-16(15)17;/h3-4,7-8,20H,5-6,9-14H2,1-2H3;1H/t17-,18+;/m0./s1. The van der Waals surface area contributed by atoms with E-state index in [0.29, 0.717) is 0 Å². The van der Waals surface area contributed by atoms with Crippen LogP contribution in [0.25, 0.3) is 0 Å². The number of halogens is 1. The fourth-order valence-electron chi connectivity index (χ4n) is 4.52. The number of rotatable bonds is 3. The van der Waals surface area contributed by atoms with E-state index in [1.165, 1.54) is 24.0 Å². The van der Waals surface area contributed by atoms with Gasteiger partial charge in [-0.1, -0.05) is 37.1 Å². The van der Waals surface area contributed by atoms with Crippen LogP contribution in [0, 0.1) is 0 Å². The van der Waals surface area contributed by atoms with Crippen molar-refractivity contribution in [3.63, 3.8) is 0 Å². The van der Waals surface area contributed by atoms with Gasteiger partial charge in [-0.2, -0.15) is 0 Å². The van der Waals surface area contributed by atoms with Gasteiger partial charge < -0.3 is 10.0 Å². The minimum Gasteiger partial charge on any atom is -0.389 e. The lowest BCUT2D eigenvalue weighted by molar-refractivity contribution is -0.0887. The first-order chi connectivity index (χ1) is 9.57. The highest BCUT2D eigenvalue weighted by atomic mass is 35.5. The maximum absolute atomic E-state index is 11.4. The lowest BCUT2D eigenvalue weighted by atomic mass is 9.53. The summed E-state index contributed by atoms with van der Waals surface area (Å²) < 4.78 is 0. The maximum Gasteiger partial charge on any atom is 0.0747 e.